The van der Waals surface area contributed by atoms with Crippen LogP contribution < -0.4 is 10.0 Å². The van der Waals surface area contributed by atoms with E-state index >= 15 is 0 Å². The van der Waals surface area contributed by atoms with Crippen molar-refractivity contribution in [1.29, 1.82) is 0 Å². The molecule has 1 aliphatic carbocycles. The number of amides is 1. The molecule has 1 fully saturated rings. The van der Waals surface area contributed by atoms with Crippen molar-refractivity contribution in [3.63, 3.8) is 0 Å². The van der Waals surface area contributed by atoms with Crippen LogP contribution in [0.4, 0.5) is 5.69 Å². The summed E-state index contributed by atoms with van der Waals surface area (Å²) in [5, 5.41) is 2.66. The number of hydrogen-bond donors (Lipinski definition) is 2. The van der Waals surface area contributed by atoms with Crippen LogP contribution in [0.2, 0.25) is 0 Å². The van der Waals surface area contributed by atoms with Gasteiger partial charge in [0.25, 0.3) is 5.91 Å². The number of hydrogen-bond acceptors (Lipinski definition) is 4. The lowest BCUT2D eigenvalue weighted by molar-refractivity contribution is -0.126. The van der Waals surface area contributed by atoms with Crippen LogP contribution in [0.15, 0.2) is 29.2 Å². The summed E-state index contributed by atoms with van der Waals surface area (Å²) in [5.41, 5.74) is -0.363. The Labute approximate surface area is 144 Å². The van der Waals surface area contributed by atoms with Crippen LogP contribution >= 0.6 is 0 Å². The average Bonchev–Trinajstić information content (AvgIpc) is 3.26. The highest BCUT2D eigenvalue weighted by Crippen LogP contribution is 2.29. The maximum absolute atomic E-state index is 12.5. The lowest BCUT2D eigenvalue weighted by Gasteiger charge is -2.22. The molecule has 134 valence electrons. The van der Waals surface area contributed by atoms with Crippen LogP contribution in [0.5, 0.6) is 0 Å². The van der Waals surface area contributed by atoms with Gasteiger partial charge in [0, 0.05) is 5.54 Å². The molecule has 1 amide bonds. The maximum Gasteiger partial charge on any atom is 0.253 e. The number of para-hydroxylation sites is 1. The van der Waals surface area contributed by atoms with Gasteiger partial charge in [0.2, 0.25) is 10.0 Å². The minimum atomic E-state index is -3.74. The quantitative estimate of drug-likeness (QED) is 0.788. The van der Waals surface area contributed by atoms with Crippen molar-refractivity contribution in [1.82, 2.24) is 4.72 Å². The molecule has 0 bridgehead atoms. The number of sulfonamides is 1. The SMILES string of the molecule is CC(OCC1CC1)C(=O)Nc1ccccc1S(=O)(=O)NC(C)(C)C. The van der Waals surface area contributed by atoms with Crippen LogP contribution in [-0.2, 0) is 19.6 Å². The topological polar surface area (TPSA) is 84.5 Å². The minimum Gasteiger partial charge on any atom is -0.368 e. The molecule has 0 radical (unpaired) electrons. The average molecular weight is 354 g/mol. The van der Waals surface area contributed by atoms with Gasteiger partial charge >= 0.3 is 0 Å². The van der Waals surface area contributed by atoms with Gasteiger partial charge in [-0.05, 0) is 58.6 Å². The Morgan fingerprint density at radius 3 is 2.50 bits per heavy atom. The zero-order chi connectivity index (χ0) is 18.0. The number of carbonyl (C=O) groups excluding carboxylic acids is 1. The number of carbonyl (C=O) groups is 1. The standard InChI is InChI=1S/C17H26N2O4S/c1-12(23-11-13-9-10-13)16(20)18-14-7-5-6-8-15(14)24(21,22)19-17(2,3)4/h5-8,12-13,19H,9-11H2,1-4H3,(H,18,20). The van der Waals surface area contributed by atoms with E-state index < -0.39 is 21.7 Å². The van der Waals surface area contributed by atoms with Crippen molar-refractivity contribution in [2.75, 3.05) is 11.9 Å². The van der Waals surface area contributed by atoms with Crippen LogP contribution in [0.25, 0.3) is 0 Å². The molecule has 1 aromatic carbocycles. The van der Waals surface area contributed by atoms with Gasteiger partial charge in [-0.25, -0.2) is 13.1 Å². The summed E-state index contributed by atoms with van der Waals surface area (Å²) < 4.78 is 33.2. The van der Waals surface area contributed by atoms with E-state index in [-0.39, 0.29) is 16.5 Å². The molecule has 6 nitrogen and oxygen atoms in total. The Balaban J connectivity index is 2.11. The molecule has 0 aliphatic heterocycles. The second-order valence-electron chi connectivity index (χ2n) is 7.26. The van der Waals surface area contributed by atoms with E-state index in [1.165, 1.54) is 6.07 Å². The largest absolute Gasteiger partial charge is 0.368 e. The second kappa shape index (κ2) is 7.21. The van der Waals surface area contributed by atoms with Crippen molar-refractivity contribution in [2.45, 2.75) is 57.1 Å². The van der Waals surface area contributed by atoms with Crippen LogP contribution in [0, 0.1) is 5.92 Å². The lowest BCUT2D eigenvalue weighted by Crippen LogP contribution is -2.41. The van der Waals surface area contributed by atoms with E-state index in [9.17, 15) is 13.2 Å². The predicted molar refractivity (Wildman–Crippen MR) is 93.3 cm³/mol. The number of benzene rings is 1. The highest BCUT2D eigenvalue weighted by molar-refractivity contribution is 7.89. The monoisotopic (exact) mass is 354 g/mol. The molecule has 0 spiro atoms. The van der Waals surface area contributed by atoms with E-state index in [0.717, 1.165) is 12.8 Å². The lowest BCUT2D eigenvalue weighted by atomic mass is 10.1. The number of rotatable bonds is 7. The summed E-state index contributed by atoms with van der Waals surface area (Å²) in [5.74, 6) is 0.206. The number of anilines is 1. The zero-order valence-electron chi connectivity index (χ0n) is 14.6. The third kappa shape index (κ3) is 5.58. The van der Waals surface area contributed by atoms with Gasteiger partial charge in [-0.2, -0.15) is 0 Å². The molecule has 1 unspecified atom stereocenters. The predicted octanol–water partition coefficient (Wildman–Crippen LogP) is 2.52. The Kier molecular flexibility index (Phi) is 5.67. The maximum atomic E-state index is 12.5. The Hall–Kier alpha value is -1.44. The summed E-state index contributed by atoms with van der Waals surface area (Å²) in [6, 6.07) is 6.35. The molecule has 1 saturated carbocycles. The first kappa shape index (κ1) is 18.9. The van der Waals surface area contributed by atoms with Crippen molar-refractivity contribution in [3.8, 4) is 0 Å². The Morgan fingerprint density at radius 1 is 1.29 bits per heavy atom. The summed E-state index contributed by atoms with van der Waals surface area (Å²) in [4.78, 5) is 12.3. The highest BCUT2D eigenvalue weighted by Gasteiger charge is 2.27. The molecule has 0 aromatic heterocycles. The summed E-state index contributed by atoms with van der Waals surface area (Å²) in [6.07, 6.45) is 1.67. The van der Waals surface area contributed by atoms with Gasteiger partial charge in [-0.3, -0.25) is 4.79 Å². The van der Waals surface area contributed by atoms with Gasteiger partial charge in [-0.15, -0.1) is 0 Å². The van der Waals surface area contributed by atoms with Gasteiger partial charge in [0.15, 0.2) is 0 Å². The second-order valence-corrected chi connectivity index (χ2v) is 8.91. The third-order valence-corrected chi connectivity index (χ3v) is 5.34. The summed E-state index contributed by atoms with van der Waals surface area (Å²) in [7, 11) is -3.74. The van der Waals surface area contributed by atoms with Crippen LogP contribution in [-0.4, -0.2) is 32.6 Å². The van der Waals surface area contributed by atoms with Gasteiger partial charge < -0.3 is 10.1 Å². The normalized spacial score (nSPS) is 16.7. The fourth-order valence-electron chi connectivity index (χ4n) is 2.14. The van der Waals surface area contributed by atoms with E-state index in [1.54, 1.807) is 45.9 Å². The summed E-state index contributed by atoms with van der Waals surface area (Å²) >= 11 is 0. The molecule has 1 atom stereocenters. The highest BCUT2D eigenvalue weighted by atomic mass is 32.2. The molecule has 2 N–H and O–H groups in total. The molecule has 24 heavy (non-hydrogen) atoms. The van der Waals surface area contributed by atoms with Crippen LogP contribution in [0.1, 0.15) is 40.5 Å². The van der Waals surface area contributed by atoms with E-state index in [2.05, 4.69) is 10.0 Å². The number of ether oxygens (including phenoxy) is 1. The van der Waals surface area contributed by atoms with E-state index in [4.69, 9.17) is 4.74 Å². The third-order valence-electron chi connectivity index (χ3n) is 3.52. The van der Waals surface area contributed by atoms with Crippen molar-refractivity contribution in [2.24, 2.45) is 5.92 Å². The zero-order valence-corrected chi connectivity index (χ0v) is 15.4. The smallest absolute Gasteiger partial charge is 0.253 e. The van der Waals surface area contributed by atoms with Gasteiger partial charge in [0.1, 0.15) is 11.0 Å². The van der Waals surface area contributed by atoms with E-state index in [0.29, 0.717) is 12.5 Å². The number of nitrogens with one attached hydrogen (secondary N) is 2. The molecular weight excluding hydrogens is 328 g/mol. The first-order chi connectivity index (χ1) is 11.1. The molecule has 1 aromatic rings. The Bertz CT molecular complexity index is 691. The molecule has 2 rings (SSSR count). The Morgan fingerprint density at radius 2 is 1.92 bits per heavy atom. The van der Waals surface area contributed by atoms with Gasteiger partial charge in [-0.1, -0.05) is 12.1 Å². The van der Waals surface area contributed by atoms with Crippen molar-refractivity contribution < 1.29 is 17.9 Å². The molecule has 7 heteroatoms. The van der Waals surface area contributed by atoms with Crippen LogP contribution in [0.3, 0.4) is 0 Å². The fourth-order valence-corrected chi connectivity index (χ4v) is 3.72. The van der Waals surface area contributed by atoms with E-state index in [1.807, 2.05) is 0 Å². The van der Waals surface area contributed by atoms with Crippen molar-refractivity contribution >= 4 is 21.6 Å². The summed E-state index contributed by atoms with van der Waals surface area (Å²) in [6.45, 7) is 7.53. The minimum absolute atomic E-state index is 0.0441. The molecule has 1 aliphatic rings. The molecule has 0 saturated heterocycles. The molecule has 0 heterocycles. The fraction of sp³-hybridized carbons (Fsp3) is 0.588. The molecular formula is C17H26N2O4S. The van der Waals surface area contributed by atoms with Gasteiger partial charge in [0.05, 0.1) is 12.3 Å². The first-order valence-electron chi connectivity index (χ1n) is 8.14. The van der Waals surface area contributed by atoms with Crippen molar-refractivity contribution in [3.05, 3.63) is 24.3 Å². The first-order valence-corrected chi connectivity index (χ1v) is 9.62.